The van der Waals surface area contributed by atoms with E-state index in [2.05, 4.69) is 4.98 Å². The summed E-state index contributed by atoms with van der Waals surface area (Å²) in [5, 5.41) is 0. The van der Waals surface area contributed by atoms with Crippen molar-refractivity contribution in [2.45, 2.75) is 0 Å². The molecule has 4 nitrogen and oxygen atoms in total. The largest absolute Gasteiger partial charge is 0.366 e. The summed E-state index contributed by atoms with van der Waals surface area (Å²) in [4.78, 5) is 14.5. The molecule has 0 saturated carbocycles. The average molecular weight is 213 g/mol. The van der Waals surface area contributed by atoms with Crippen LogP contribution >= 0.6 is 0 Å². The van der Waals surface area contributed by atoms with Gasteiger partial charge in [-0.1, -0.05) is 12.1 Å². The molecule has 0 atom stereocenters. The third-order valence-corrected chi connectivity index (χ3v) is 2.14. The van der Waals surface area contributed by atoms with Gasteiger partial charge in [0.15, 0.2) is 0 Å². The molecule has 0 fully saturated rings. The summed E-state index contributed by atoms with van der Waals surface area (Å²) in [6.07, 6.45) is 8.34. The lowest BCUT2D eigenvalue weighted by Gasteiger charge is -2.01. The second kappa shape index (κ2) is 4.44. The Hall–Kier alpha value is -2.36. The van der Waals surface area contributed by atoms with Crippen LogP contribution in [0, 0.1) is 0 Å². The predicted octanol–water partition coefficient (Wildman–Crippen LogP) is 1.37. The molecule has 2 N–H and O–H groups in total. The maximum Gasteiger partial charge on any atom is 0.241 e. The van der Waals surface area contributed by atoms with Crippen molar-refractivity contribution in [2.75, 3.05) is 0 Å². The number of imidazole rings is 1. The van der Waals surface area contributed by atoms with E-state index in [9.17, 15) is 4.79 Å². The van der Waals surface area contributed by atoms with Gasteiger partial charge in [0, 0.05) is 24.2 Å². The third-order valence-electron chi connectivity index (χ3n) is 2.14. The summed E-state index contributed by atoms with van der Waals surface area (Å²) in [5.41, 5.74) is 6.96. The number of hydrogen-bond acceptors (Lipinski definition) is 2. The molecule has 1 amide bonds. The molecule has 1 heterocycles. The van der Waals surface area contributed by atoms with E-state index in [1.807, 2.05) is 35.0 Å². The van der Waals surface area contributed by atoms with E-state index < -0.39 is 5.91 Å². The van der Waals surface area contributed by atoms with Crippen molar-refractivity contribution in [2.24, 2.45) is 5.73 Å². The zero-order valence-electron chi connectivity index (χ0n) is 8.58. The Kier molecular flexibility index (Phi) is 2.82. The highest BCUT2D eigenvalue weighted by Crippen LogP contribution is 2.10. The summed E-state index contributed by atoms with van der Waals surface area (Å²) < 4.78 is 1.90. The number of benzene rings is 1. The van der Waals surface area contributed by atoms with Crippen LogP contribution in [0.15, 0.2) is 49.1 Å². The number of primary amides is 1. The van der Waals surface area contributed by atoms with Crippen LogP contribution in [-0.2, 0) is 4.79 Å². The van der Waals surface area contributed by atoms with Gasteiger partial charge in [0.1, 0.15) is 0 Å². The normalized spacial score (nSPS) is 10.8. The molecule has 0 unspecified atom stereocenters. The first kappa shape index (κ1) is 10.2. The van der Waals surface area contributed by atoms with E-state index in [1.165, 1.54) is 6.08 Å². The molecule has 1 aromatic heterocycles. The molecule has 16 heavy (non-hydrogen) atoms. The Bertz CT molecular complexity index is 498. The van der Waals surface area contributed by atoms with Crippen LogP contribution in [0.5, 0.6) is 0 Å². The number of amides is 1. The molecule has 1 aromatic carbocycles. The summed E-state index contributed by atoms with van der Waals surface area (Å²) in [6.45, 7) is 0. The average Bonchev–Trinajstić information content (AvgIpc) is 2.80. The number of carbonyl (C=O) groups excluding carboxylic acids is 1. The van der Waals surface area contributed by atoms with Crippen molar-refractivity contribution >= 4 is 12.0 Å². The van der Waals surface area contributed by atoms with Crippen LogP contribution in [0.25, 0.3) is 11.8 Å². The highest BCUT2D eigenvalue weighted by Gasteiger charge is 1.94. The predicted molar refractivity (Wildman–Crippen MR) is 61.8 cm³/mol. The first-order valence-electron chi connectivity index (χ1n) is 4.81. The zero-order valence-corrected chi connectivity index (χ0v) is 8.58. The minimum absolute atomic E-state index is 0.446. The third kappa shape index (κ3) is 2.36. The molecule has 0 aliphatic rings. The van der Waals surface area contributed by atoms with E-state index >= 15 is 0 Å². The monoisotopic (exact) mass is 213 g/mol. The lowest BCUT2D eigenvalue weighted by molar-refractivity contribution is -0.113. The summed E-state index contributed by atoms with van der Waals surface area (Å²) in [6, 6.07) is 7.72. The molecular weight excluding hydrogens is 202 g/mol. The maximum absolute atomic E-state index is 10.5. The van der Waals surface area contributed by atoms with Gasteiger partial charge < -0.3 is 10.3 Å². The summed E-state index contributed by atoms with van der Waals surface area (Å²) >= 11 is 0. The standard InChI is InChI=1S/C12H11N3O/c13-12(16)6-3-10-1-4-11(5-2-10)15-8-7-14-9-15/h1-9H,(H2,13,16)/b6-3-. The van der Waals surface area contributed by atoms with Crippen molar-refractivity contribution in [3.05, 3.63) is 54.6 Å². The fraction of sp³-hybridized carbons (Fsp3) is 0. The highest BCUT2D eigenvalue weighted by atomic mass is 16.1. The van der Waals surface area contributed by atoms with Gasteiger partial charge in [-0.25, -0.2) is 4.98 Å². The number of nitrogens with zero attached hydrogens (tertiary/aromatic N) is 2. The van der Waals surface area contributed by atoms with Crippen LogP contribution in [0.2, 0.25) is 0 Å². The van der Waals surface area contributed by atoms with Crippen molar-refractivity contribution in [1.82, 2.24) is 9.55 Å². The maximum atomic E-state index is 10.5. The van der Waals surface area contributed by atoms with Crippen LogP contribution in [0.4, 0.5) is 0 Å². The van der Waals surface area contributed by atoms with Gasteiger partial charge in [-0.05, 0) is 23.8 Å². The van der Waals surface area contributed by atoms with Crippen molar-refractivity contribution in [3.8, 4) is 5.69 Å². The molecule has 0 radical (unpaired) electrons. The van der Waals surface area contributed by atoms with Crippen molar-refractivity contribution < 1.29 is 4.79 Å². The zero-order chi connectivity index (χ0) is 11.4. The minimum Gasteiger partial charge on any atom is -0.366 e. The van der Waals surface area contributed by atoms with Crippen LogP contribution in [-0.4, -0.2) is 15.5 Å². The molecule has 0 bridgehead atoms. The lowest BCUT2D eigenvalue weighted by Crippen LogP contribution is -2.05. The number of aromatic nitrogens is 2. The molecule has 2 rings (SSSR count). The fourth-order valence-corrected chi connectivity index (χ4v) is 1.35. The first-order valence-corrected chi connectivity index (χ1v) is 4.81. The van der Waals surface area contributed by atoms with E-state index in [0.717, 1.165) is 11.3 Å². The lowest BCUT2D eigenvalue weighted by atomic mass is 10.2. The van der Waals surface area contributed by atoms with Gasteiger partial charge in [-0.15, -0.1) is 0 Å². The quantitative estimate of drug-likeness (QED) is 0.783. The SMILES string of the molecule is NC(=O)/C=C\c1ccc(-n2ccnc2)cc1. The number of rotatable bonds is 3. The summed E-state index contributed by atoms with van der Waals surface area (Å²) in [5.74, 6) is -0.446. The van der Waals surface area contributed by atoms with Gasteiger partial charge in [0.2, 0.25) is 5.91 Å². The molecule has 0 spiro atoms. The Morgan fingerprint density at radius 2 is 2.06 bits per heavy atom. The molecule has 4 heteroatoms. The van der Waals surface area contributed by atoms with Gasteiger partial charge >= 0.3 is 0 Å². The van der Waals surface area contributed by atoms with E-state index in [-0.39, 0.29) is 0 Å². The van der Waals surface area contributed by atoms with Crippen molar-refractivity contribution in [3.63, 3.8) is 0 Å². The Morgan fingerprint density at radius 3 is 2.62 bits per heavy atom. The second-order valence-electron chi connectivity index (χ2n) is 3.30. The van der Waals surface area contributed by atoms with E-state index in [4.69, 9.17) is 5.73 Å². The van der Waals surface area contributed by atoms with Gasteiger partial charge in [-0.3, -0.25) is 4.79 Å². The Balaban J connectivity index is 2.20. The molecule has 2 aromatic rings. The number of hydrogen-bond donors (Lipinski definition) is 1. The first-order chi connectivity index (χ1) is 7.75. The second-order valence-corrected chi connectivity index (χ2v) is 3.30. The number of carbonyl (C=O) groups is 1. The Labute approximate surface area is 93.0 Å². The topological polar surface area (TPSA) is 60.9 Å². The highest BCUT2D eigenvalue weighted by molar-refractivity contribution is 5.90. The van der Waals surface area contributed by atoms with Crippen LogP contribution in [0.3, 0.4) is 0 Å². The van der Waals surface area contributed by atoms with Crippen LogP contribution < -0.4 is 5.73 Å². The fourth-order valence-electron chi connectivity index (χ4n) is 1.35. The molecule has 80 valence electrons. The van der Waals surface area contributed by atoms with E-state index in [1.54, 1.807) is 18.6 Å². The van der Waals surface area contributed by atoms with Gasteiger partial charge in [-0.2, -0.15) is 0 Å². The Morgan fingerprint density at radius 1 is 1.31 bits per heavy atom. The van der Waals surface area contributed by atoms with Crippen molar-refractivity contribution in [1.29, 1.82) is 0 Å². The van der Waals surface area contributed by atoms with E-state index in [0.29, 0.717) is 0 Å². The van der Waals surface area contributed by atoms with Gasteiger partial charge in [0.05, 0.1) is 6.33 Å². The molecule has 0 aliphatic heterocycles. The van der Waals surface area contributed by atoms with Gasteiger partial charge in [0.25, 0.3) is 0 Å². The number of nitrogens with two attached hydrogens (primary N) is 1. The molecule has 0 saturated heterocycles. The minimum atomic E-state index is -0.446. The van der Waals surface area contributed by atoms with Crippen LogP contribution in [0.1, 0.15) is 5.56 Å². The molecular formula is C12H11N3O. The molecule has 0 aliphatic carbocycles. The smallest absolute Gasteiger partial charge is 0.241 e. The summed E-state index contributed by atoms with van der Waals surface area (Å²) in [7, 11) is 0.